The van der Waals surface area contributed by atoms with Gasteiger partial charge < -0.3 is 15.2 Å². The molecule has 0 heterocycles. The summed E-state index contributed by atoms with van der Waals surface area (Å²) in [6.45, 7) is 3.92. The van der Waals surface area contributed by atoms with Crippen LogP contribution in [0.1, 0.15) is 19.4 Å². The second-order valence-electron chi connectivity index (χ2n) is 3.81. The predicted octanol–water partition coefficient (Wildman–Crippen LogP) is 1.65. The van der Waals surface area contributed by atoms with E-state index in [1.807, 2.05) is 32.0 Å². The highest BCUT2D eigenvalue weighted by atomic mass is 32.1. The minimum Gasteiger partial charge on any atom is -0.493 e. The van der Waals surface area contributed by atoms with E-state index in [0.717, 1.165) is 5.56 Å². The number of nitrogens with zero attached hydrogens (tertiary/aromatic N) is 1. The molecule has 1 aromatic carbocycles. The third-order valence-electron chi connectivity index (χ3n) is 1.94. The summed E-state index contributed by atoms with van der Waals surface area (Å²) in [7, 11) is 1.59. The summed E-state index contributed by atoms with van der Waals surface area (Å²) in [5.41, 5.74) is 8.59. The van der Waals surface area contributed by atoms with Gasteiger partial charge in [-0.1, -0.05) is 0 Å². The first kappa shape index (κ1) is 14.2. The largest absolute Gasteiger partial charge is 0.493 e. The normalized spacial score (nSPS) is 10.7. The number of methoxy groups -OCH3 is 1. The van der Waals surface area contributed by atoms with Gasteiger partial charge in [0.1, 0.15) is 0 Å². The lowest BCUT2D eigenvalue weighted by atomic mass is 10.2. The van der Waals surface area contributed by atoms with Crippen molar-refractivity contribution in [2.75, 3.05) is 7.11 Å². The summed E-state index contributed by atoms with van der Waals surface area (Å²) < 4.78 is 10.9. The molecular weight excluding hydrogens is 250 g/mol. The monoisotopic (exact) mass is 267 g/mol. The van der Waals surface area contributed by atoms with Crippen molar-refractivity contribution < 1.29 is 9.47 Å². The number of nitrogens with two attached hydrogens (primary N) is 1. The molecule has 18 heavy (non-hydrogen) atoms. The number of hydrogen-bond donors (Lipinski definition) is 2. The van der Waals surface area contributed by atoms with Crippen LogP contribution < -0.4 is 20.6 Å². The Bertz CT molecular complexity index is 447. The average molecular weight is 267 g/mol. The molecule has 3 N–H and O–H groups in total. The van der Waals surface area contributed by atoms with Gasteiger partial charge in [0.2, 0.25) is 0 Å². The van der Waals surface area contributed by atoms with Crippen molar-refractivity contribution in [2.24, 2.45) is 10.8 Å². The van der Waals surface area contributed by atoms with Crippen LogP contribution in [0.3, 0.4) is 0 Å². The Morgan fingerprint density at radius 2 is 2.17 bits per heavy atom. The van der Waals surface area contributed by atoms with Crippen LogP contribution in [-0.4, -0.2) is 24.5 Å². The molecule has 5 nitrogen and oxygen atoms in total. The fourth-order valence-corrected chi connectivity index (χ4v) is 1.34. The Morgan fingerprint density at radius 3 is 2.72 bits per heavy atom. The van der Waals surface area contributed by atoms with Gasteiger partial charge in [0, 0.05) is 0 Å². The SMILES string of the molecule is COc1cc(/C=N\NC(N)=S)ccc1OC(C)C. The number of hydrogen-bond acceptors (Lipinski definition) is 4. The third-order valence-corrected chi connectivity index (χ3v) is 2.03. The molecule has 0 unspecified atom stereocenters. The predicted molar refractivity (Wildman–Crippen MR) is 76.3 cm³/mol. The summed E-state index contributed by atoms with van der Waals surface area (Å²) in [6.07, 6.45) is 1.69. The molecule has 0 radical (unpaired) electrons. The van der Waals surface area contributed by atoms with E-state index in [1.54, 1.807) is 13.3 Å². The molecule has 0 aliphatic rings. The Kier molecular flexibility index (Phi) is 5.38. The molecule has 0 fully saturated rings. The van der Waals surface area contributed by atoms with Crippen LogP contribution in [-0.2, 0) is 0 Å². The van der Waals surface area contributed by atoms with Gasteiger partial charge in [-0.15, -0.1) is 0 Å². The molecule has 0 atom stereocenters. The lowest BCUT2D eigenvalue weighted by Crippen LogP contribution is -2.23. The molecule has 0 bridgehead atoms. The Morgan fingerprint density at radius 1 is 1.44 bits per heavy atom. The van der Waals surface area contributed by atoms with Gasteiger partial charge in [0.05, 0.1) is 19.4 Å². The summed E-state index contributed by atoms with van der Waals surface area (Å²) in [5, 5.41) is 3.99. The van der Waals surface area contributed by atoms with Crippen LogP contribution in [0, 0.1) is 0 Å². The van der Waals surface area contributed by atoms with Crippen molar-refractivity contribution in [1.82, 2.24) is 5.43 Å². The summed E-state index contributed by atoms with van der Waals surface area (Å²) in [6, 6.07) is 5.52. The molecule has 1 aromatic rings. The summed E-state index contributed by atoms with van der Waals surface area (Å²) in [5.74, 6) is 1.36. The maximum Gasteiger partial charge on any atom is 0.184 e. The van der Waals surface area contributed by atoms with E-state index in [9.17, 15) is 0 Å². The second-order valence-corrected chi connectivity index (χ2v) is 4.25. The van der Waals surface area contributed by atoms with Crippen LogP contribution in [0.5, 0.6) is 11.5 Å². The molecule has 0 saturated carbocycles. The first-order valence-corrected chi connectivity index (χ1v) is 5.87. The zero-order valence-electron chi connectivity index (χ0n) is 10.6. The van der Waals surface area contributed by atoms with Crippen LogP contribution in [0.25, 0.3) is 0 Å². The molecule has 1 rings (SSSR count). The van der Waals surface area contributed by atoms with E-state index in [2.05, 4.69) is 22.7 Å². The fourth-order valence-electron chi connectivity index (χ4n) is 1.29. The van der Waals surface area contributed by atoms with Gasteiger partial charge in [-0.2, -0.15) is 5.10 Å². The van der Waals surface area contributed by atoms with Crippen LogP contribution in [0.4, 0.5) is 0 Å². The topological polar surface area (TPSA) is 68.9 Å². The minimum atomic E-state index is 0.0923. The smallest absolute Gasteiger partial charge is 0.184 e. The molecule has 0 aliphatic heterocycles. The van der Waals surface area contributed by atoms with Crippen LogP contribution in [0.2, 0.25) is 0 Å². The standard InChI is InChI=1S/C12H17N3O2S/c1-8(2)17-10-5-4-9(6-11(10)16-3)7-14-15-12(13)18/h4-8H,1-3H3,(H3,13,15,18)/b14-7-. The number of ether oxygens (including phenoxy) is 2. The molecule has 98 valence electrons. The molecule has 0 aromatic heterocycles. The molecule has 0 amide bonds. The van der Waals surface area contributed by atoms with Gasteiger partial charge in [0.15, 0.2) is 16.6 Å². The molecular formula is C12H17N3O2S. The number of hydrazone groups is 1. The highest BCUT2D eigenvalue weighted by Gasteiger charge is 2.06. The van der Waals surface area contributed by atoms with E-state index in [1.165, 1.54) is 0 Å². The molecule has 6 heteroatoms. The highest BCUT2D eigenvalue weighted by molar-refractivity contribution is 7.80. The van der Waals surface area contributed by atoms with E-state index in [0.29, 0.717) is 11.5 Å². The van der Waals surface area contributed by atoms with Crippen molar-refractivity contribution in [1.29, 1.82) is 0 Å². The van der Waals surface area contributed by atoms with Gasteiger partial charge in [-0.25, -0.2) is 0 Å². The zero-order chi connectivity index (χ0) is 13.5. The maximum absolute atomic E-state index is 5.61. The third kappa shape index (κ3) is 4.58. The summed E-state index contributed by atoms with van der Waals surface area (Å²) in [4.78, 5) is 0. The lowest BCUT2D eigenvalue weighted by molar-refractivity contribution is 0.230. The number of thiocarbonyl (C=S) groups is 1. The van der Waals surface area contributed by atoms with Gasteiger partial charge in [-0.3, -0.25) is 5.43 Å². The molecule has 0 aliphatic carbocycles. The zero-order valence-corrected chi connectivity index (χ0v) is 11.5. The van der Waals surface area contributed by atoms with Crippen molar-refractivity contribution in [3.8, 4) is 11.5 Å². The van der Waals surface area contributed by atoms with E-state index < -0.39 is 0 Å². The fraction of sp³-hybridized carbons (Fsp3) is 0.333. The Hall–Kier alpha value is -1.82. The van der Waals surface area contributed by atoms with Gasteiger partial charge >= 0.3 is 0 Å². The number of rotatable bonds is 5. The lowest BCUT2D eigenvalue weighted by Gasteiger charge is -2.13. The van der Waals surface area contributed by atoms with Crippen molar-refractivity contribution in [3.05, 3.63) is 23.8 Å². The second kappa shape index (κ2) is 6.80. The Balaban J connectivity index is 2.84. The number of nitrogens with one attached hydrogen (secondary N) is 1. The Labute approximate surface area is 112 Å². The van der Waals surface area contributed by atoms with Crippen molar-refractivity contribution in [3.63, 3.8) is 0 Å². The summed E-state index contributed by atoms with van der Waals surface area (Å²) >= 11 is 4.64. The number of benzene rings is 1. The van der Waals surface area contributed by atoms with E-state index in [4.69, 9.17) is 15.2 Å². The van der Waals surface area contributed by atoms with Gasteiger partial charge in [0.25, 0.3) is 0 Å². The maximum atomic E-state index is 5.61. The molecule has 0 saturated heterocycles. The molecule has 0 spiro atoms. The highest BCUT2D eigenvalue weighted by Crippen LogP contribution is 2.28. The quantitative estimate of drug-likeness (QED) is 0.482. The van der Waals surface area contributed by atoms with Crippen molar-refractivity contribution in [2.45, 2.75) is 20.0 Å². The van der Waals surface area contributed by atoms with E-state index in [-0.39, 0.29) is 11.2 Å². The van der Waals surface area contributed by atoms with Crippen molar-refractivity contribution >= 4 is 23.5 Å². The van der Waals surface area contributed by atoms with Gasteiger partial charge in [-0.05, 0) is 49.8 Å². The minimum absolute atomic E-state index is 0.0923. The first-order valence-electron chi connectivity index (χ1n) is 5.46. The average Bonchev–Trinajstić information content (AvgIpc) is 2.29. The first-order chi connectivity index (χ1) is 8.52. The van der Waals surface area contributed by atoms with Crippen LogP contribution in [0.15, 0.2) is 23.3 Å². The van der Waals surface area contributed by atoms with Crippen LogP contribution >= 0.6 is 12.2 Å². The van der Waals surface area contributed by atoms with E-state index >= 15 is 0 Å².